The number of hydrogen-bond donors (Lipinski definition) is 2. The summed E-state index contributed by atoms with van der Waals surface area (Å²) in [6, 6.07) is 27.0. The van der Waals surface area contributed by atoms with Crippen LogP contribution >= 0.6 is 11.6 Å². The van der Waals surface area contributed by atoms with Gasteiger partial charge in [-0.2, -0.15) is 0 Å². The second kappa shape index (κ2) is 9.10. The Bertz CT molecular complexity index is 1510. The summed E-state index contributed by atoms with van der Waals surface area (Å²) < 4.78 is 0. The van der Waals surface area contributed by atoms with E-state index in [1.165, 1.54) is 6.33 Å². The average Bonchev–Trinajstić information content (AvgIpc) is 2.83. The molecule has 0 saturated heterocycles. The number of benzene rings is 4. The minimum atomic E-state index is -0.219. The number of nitrogens with zero attached hydrogens (tertiary/aromatic N) is 2. The number of halogens is 1. The van der Waals surface area contributed by atoms with Crippen molar-refractivity contribution in [2.45, 2.75) is 0 Å². The summed E-state index contributed by atoms with van der Waals surface area (Å²) in [5.41, 5.74) is 3.22. The summed E-state index contributed by atoms with van der Waals surface area (Å²) >= 11 is 6.09. The minimum Gasteiger partial charge on any atom is -0.340 e. The van der Waals surface area contributed by atoms with Crippen LogP contribution in [0.3, 0.4) is 0 Å². The van der Waals surface area contributed by atoms with Gasteiger partial charge in [0.2, 0.25) is 5.91 Å². The van der Waals surface area contributed by atoms with Gasteiger partial charge in [-0.3, -0.25) is 4.79 Å². The molecule has 6 heteroatoms. The quantitative estimate of drug-likeness (QED) is 0.288. The number of anilines is 3. The van der Waals surface area contributed by atoms with Gasteiger partial charge in [-0.25, -0.2) is 9.97 Å². The lowest BCUT2D eigenvalue weighted by atomic mass is 10.0. The number of amides is 1. The molecule has 1 aromatic heterocycles. The molecule has 1 heterocycles. The predicted octanol–water partition coefficient (Wildman–Crippen LogP) is 6.83. The molecular formula is C27H19ClN4O. The van der Waals surface area contributed by atoms with E-state index >= 15 is 0 Å². The lowest BCUT2D eigenvalue weighted by Crippen LogP contribution is -2.08. The van der Waals surface area contributed by atoms with E-state index in [0.717, 1.165) is 32.9 Å². The highest BCUT2D eigenvalue weighted by molar-refractivity contribution is 6.30. The highest BCUT2D eigenvalue weighted by Gasteiger charge is 2.07. The topological polar surface area (TPSA) is 66.9 Å². The van der Waals surface area contributed by atoms with Crippen molar-refractivity contribution < 1.29 is 4.79 Å². The number of hydrogen-bond acceptors (Lipinski definition) is 4. The van der Waals surface area contributed by atoms with Gasteiger partial charge in [-0.05, 0) is 58.8 Å². The third-order valence-electron chi connectivity index (χ3n) is 5.23. The third kappa shape index (κ3) is 4.68. The molecule has 1 amide bonds. The molecule has 0 radical (unpaired) electrons. The van der Waals surface area contributed by atoms with Gasteiger partial charge >= 0.3 is 0 Å². The summed E-state index contributed by atoms with van der Waals surface area (Å²) in [6.07, 6.45) is 4.87. The predicted molar refractivity (Wildman–Crippen MR) is 136 cm³/mol. The summed E-state index contributed by atoms with van der Waals surface area (Å²) in [6.45, 7) is 0. The number of fused-ring (bicyclic) bond motifs is 2. The molecule has 0 atom stereocenters. The Morgan fingerprint density at radius 1 is 0.818 bits per heavy atom. The smallest absolute Gasteiger partial charge is 0.248 e. The molecule has 0 aliphatic heterocycles. The van der Waals surface area contributed by atoms with Crippen LogP contribution < -0.4 is 10.6 Å². The number of rotatable bonds is 5. The number of carbonyl (C=O) groups is 1. The Morgan fingerprint density at radius 3 is 2.58 bits per heavy atom. The molecule has 0 bridgehead atoms. The molecule has 2 N–H and O–H groups in total. The largest absolute Gasteiger partial charge is 0.340 e. The van der Waals surface area contributed by atoms with Crippen LogP contribution in [-0.4, -0.2) is 15.9 Å². The van der Waals surface area contributed by atoms with Gasteiger partial charge in [0.15, 0.2) is 0 Å². The van der Waals surface area contributed by atoms with Crippen molar-refractivity contribution in [1.29, 1.82) is 0 Å². The maximum atomic E-state index is 12.6. The van der Waals surface area contributed by atoms with Crippen molar-refractivity contribution in [3.05, 3.63) is 108 Å². The van der Waals surface area contributed by atoms with Crippen molar-refractivity contribution in [3.8, 4) is 0 Å². The average molecular weight is 451 g/mol. The van der Waals surface area contributed by atoms with Crippen LogP contribution in [0.4, 0.5) is 17.2 Å². The number of aromatic nitrogens is 2. The van der Waals surface area contributed by atoms with Crippen molar-refractivity contribution in [2.24, 2.45) is 0 Å². The number of nitrogens with one attached hydrogen (secondary N) is 2. The van der Waals surface area contributed by atoms with E-state index in [1.54, 1.807) is 6.08 Å². The van der Waals surface area contributed by atoms with E-state index in [2.05, 4.69) is 32.7 Å². The van der Waals surface area contributed by atoms with Crippen molar-refractivity contribution in [3.63, 3.8) is 0 Å². The molecular weight excluding hydrogens is 432 g/mol. The van der Waals surface area contributed by atoms with E-state index < -0.39 is 0 Å². The van der Waals surface area contributed by atoms with Crippen LogP contribution in [0.1, 0.15) is 5.56 Å². The summed E-state index contributed by atoms with van der Waals surface area (Å²) in [5.74, 6) is 0.410. The normalized spacial score (nSPS) is 11.2. The van der Waals surface area contributed by atoms with Gasteiger partial charge in [0, 0.05) is 27.9 Å². The maximum Gasteiger partial charge on any atom is 0.248 e. The molecule has 5 aromatic rings. The van der Waals surface area contributed by atoms with Crippen LogP contribution in [0.25, 0.3) is 27.8 Å². The van der Waals surface area contributed by atoms with Crippen LogP contribution in [0.5, 0.6) is 0 Å². The molecule has 5 nitrogen and oxygen atoms in total. The fourth-order valence-corrected chi connectivity index (χ4v) is 3.87. The molecule has 0 unspecified atom stereocenters. The second-order valence-corrected chi connectivity index (χ2v) is 7.92. The molecule has 0 aliphatic rings. The van der Waals surface area contributed by atoms with Crippen molar-refractivity contribution in [1.82, 2.24) is 9.97 Å². The molecule has 4 aromatic carbocycles. The number of carbonyl (C=O) groups excluding carboxylic acids is 1. The molecule has 160 valence electrons. The van der Waals surface area contributed by atoms with E-state index in [1.807, 2.05) is 78.9 Å². The zero-order chi connectivity index (χ0) is 22.6. The SMILES string of the molecule is O=C(C=Cc1cccc2ccccc12)Nc1ccc2ncnc(Nc3cccc(Cl)c3)c2c1. The Balaban J connectivity index is 1.38. The van der Waals surface area contributed by atoms with Crippen molar-refractivity contribution >= 4 is 62.5 Å². The molecule has 0 aliphatic carbocycles. The second-order valence-electron chi connectivity index (χ2n) is 7.48. The summed E-state index contributed by atoms with van der Waals surface area (Å²) in [7, 11) is 0. The standard InChI is InChI=1S/C27H19ClN4O/c28-20-8-4-9-21(15-20)32-27-24-16-22(12-13-25(24)29-17-30-27)31-26(33)14-11-19-7-3-6-18-5-1-2-10-23(18)19/h1-17H,(H,31,33)(H,29,30,32). The lowest BCUT2D eigenvalue weighted by molar-refractivity contribution is -0.111. The van der Waals surface area contributed by atoms with Gasteiger partial charge in [0.1, 0.15) is 12.1 Å². The van der Waals surface area contributed by atoms with Gasteiger partial charge in [0.05, 0.1) is 5.52 Å². The first kappa shape index (κ1) is 20.7. The first-order chi connectivity index (χ1) is 16.2. The van der Waals surface area contributed by atoms with Crippen LogP contribution in [-0.2, 0) is 4.79 Å². The maximum absolute atomic E-state index is 12.6. The van der Waals surface area contributed by atoms with Crippen LogP contribution in [0, 0.1) is 0 Å². The zero-order valence-electron chi connectivity index (χ0n) is 17.5. The van der Waals surface area contributed by atoms with Crippen LogP contribution in [0.15, 0.2) is 97.3 Å². The molecule has 33 heavy (non-hydrogen) atoms. The first-order valence-corrected chi connectivity index (χ1v) is 10.8. The fourth-order valence-electron chi connectivity index (χ4n) is 3.68. The summed E-state index contributed by atoms with van der Waals surface area (Å²) in [5, 5.41) is 9.84. The minimum absolute atomic E-state index is 0.219. The van der Waals surface area contributed by atoms with E-state index in [9.17, 15) is 4.79 Å². The molecule has 0 saturated carbocycles. The van der Waals surface area contributed by atoms with Crippen LogP contribution in [0.2, 0.25) is 5.02 Å². The van der Waals surface area contributed by atoms with E-state index in [-0.39, 0.29) is 5.91 Å². The van der Waals surface area contributed by atoms with Gasteiger partial charge in [-0.1, -0.05) is 60.1 Å². The van der Waals surface area contributed by atoms with Crippen molar-refractivity contribution in [2.75, 3.05) is 10.6 Å². The zero-order valence-corrected chi connectivity index (χ0v) is 18.3. The molecule has 0 spiro atoms. The molecule has 0 fully saturated rings. The lowest BCUT2D eigenvalue weighted by Gasteiger charge is -2.10. The Hall–Kier alpha value is -4.22. The monoisotopic (exact) mass is 450 g/mol. The highest BCUT2D eigenvalue weighted by atomic mass is 35.5. The van der Waals surface area contributed by atoms with Gasteiger partial charge in [0.25, 0.3) is 0 Å². The summed E-state index contributed by atoms with van der Waals surface area (Å²) in [4.78, 5) is 21.3. The van der Waals surface area contributed by atoms with E-state index in [4.69, 9.17) is 11.6 Å². The third-order valence-corrected chi connectivity index (χ3v) is 5.46. The van der Waals surface area contributed by atoms with Gasteiger partial charge < -0.3 is 10.6 Å². The van der Waals surface area contributed by atoms with Gasteiger partial charge in [-0.15, -0.1) is 0 Å². The first-order valence-electron chi connectivity index (χ1n) is 10.4. The fraction of sp³-hybridized carbons (Fsp3) is 0. The molecule has 5 rings (SSSR count). The Morgan fingerprint density at radius 2 is 1.67 bits per heavy atom. The van der Waals surface area contributed by atoms with E-state index in [0.29, 0.717) is 16.5 Å². The Kier molecular flexibility index (Phi) is 5.70. The highest BCUT2D eigenvalue weighted by Crippen LogP contribution is 2.27. The Labute approximate surface area is 195 Å².